The second-order valence-electron chi connectivity index (χ2n) is 7.59. The Morgan fingerprint density at radius 1 is 0.548 bits per heavy atom. The molecular formula is C24H46O4S2Zn. The normalized spacial score (nSPS) is 9.94. The summed E-state index contributed by atoms with van der Waals surface area (Å²) in [5, 5.41) is 0. The number of rotatable bonds is 20. The smallest absolute Gasteiger partial charge is 0.792 e. The van der Waals surface area contributed by atoms with Crippen molar-refractivity contribution in [3.05, 3.63) is 0 Å². The molecule has 0 unspecified atom stereocenters. The van der Waals surface area contributed by atoms with Crippen molar-refractivity contribution in [1.29, 1.82) is 0 Å². The van der Waals surface area contributed by atoms with Gasteiger partial charge in [-0.05, 0) is 12.8 Å². The predicted molar refractivity (Wildman–Crippen MR) is 132 cm³/mol. The molecule has 0 heterocycles. The van der Waals surface area contributed by atoms with E-state index < -0.39 is 0 Å². The van der Waals surface area contributed by atoms with Gasteiger partial charge in [0.25, 0.3) is 0 Å². The summed E-state index contributed by atoms with van der Waals surface area (Å²) in [6.45, 7) is 5.58. The summed E-state index contributed by atoms with van der Waals surface area (Å²) < 4.78 is 10.0. The summed E-state index contributed by atoms with van der Waals surface area (Å²) in [5.74, 6) is 0.651. The summed E-state index contributed by atoms with van der Waals surface area (Å²) >= 11 is 9.38. The fourth-order valence-electron chi connectivity index (χ4n) is 2.80. The van der Waals surface area contributed by atoms with Gasteiger partial charge < -0.3 is 34.7 Å². The van der Waals surface area contributed by atoms with Crippen LogP contribution in [0.2, 0.25) is 0 Å². The molecule has 0 aromatic heterocycles. The molecule has 0 aliphatic heterocycles. The zero-order chi connectivity index (χ0) is 22.7. The standard InChI is InChI=1S/2C12H24O2S.Zn/c2*1-2-3-4-5-6-7-8-10-14-12(13)9-11-15;/h2*15H,2-11H2,1H3;/q;;+2/p-2. The van der Waals surface area contributed by atoms with E-state index in [2.05, 4.69) is 39.1 Å². The molecule has 0 atom stereocenters. The van der Waals surface area contributed by atoms with Crippen molar-refractivity contribution in [1.82, 2.24) is 0 Å². The van der Waals surface area contributed by atoms with Gasteiger partial charge >= 0.3 is 31.4 Å². The maximum Gasteiger partial charge on any atom is 2.00 e. The number of esters is 2. The average molecular weight is 528 g/mol. The van der Waals surface area contributed by atoms with Crippen LogP contribution in [0.3, 0.4) is 0 Å². The fourth-order valence-corrected chi connectivity index (χ4v) is 3.13. The molecule has 0 fully saturated rings. The summed E-state index contributed by atoms with van der Waals surface area (Å²) in [6.07, 6.45) is 18.2. The Kier molecular flexibility index (Phi) is 37.5. The molecule has 0 N–H and O–H groups in total. The summed E-state index contributed by atoms with van der Waals surface area (Å²) in [7, 11) is 0. The van der Waals surface area contributed by atoms with Gasteiger partial charge in [-0.15, -0.1) is 0 Å². The molecular weight excluding hydrogens is 482 g/mol. The number of carbonyl (C=O) groups is 2. The van der Waals surface area contributed by atoms with E-state index in [0.717, 1.165) is 12.8 Å². The van der Waals surface area contributed by atoms with E-state index in [9.17, 15) is 9.59 Å². The molecule has 0 saturated carbocycles. The molecule has 7 heteroatoms. The maximum atomic E-state index is 10.9. The van der Waals surface area contributed by atoms with Crippen LogP contribution in [0.1, 0.15) is 117 Å². The van der Waals surface area contributed by atoms with E-state index in [0.29, 0.717) is 37.6 Å². The molecule has 0 aliphatic carbocycles. The van der Waals surface area contributed by atoms with Crippen LogP contribution in [0.25, 0.3) is 0 Å². The second kappa shape index (κ2) is 32.4. The minimum Gasteiger partial charge on any atom is -0.792 e. The van der Waals surface area contributed by atoms with Crippen LogP contribution in [-0.4, -0.2) is 36.7 Å². The van der Waals surface area contributed by atoms with Crippen LogP contribution in [0, 0.1) is 0 Å². The first kappa shape index (κ1) is 35.8. The number of ether oxygens (including phenoxy) is 2. The topological polar surface area (TPSA) is 52.6 Å². The van der Waals surface area contributed by atoms with Crippen LogP contribution < -0.4 is 0 Å². The molecule has 0 saturated heterocycles. The largest absolute Gasteiger partial charge is 2.00 e. The van der Waals surface area contributed by atoms with Crippen LogP contribution in [0.4, 0.5) is 0 Å². The van der Waals surface area contributed by atoms with Crippen molar-refractivity contribution in [2.24, 2.45) is 0 Å². The number of hydrogen-bond acceptors (Lipinski definition) is 6. The first-order valence-corrected chi connectivity index (χ1v) is 13.2. The van der Waals surface area contributed by atoms with E-state index >= 15 is 0 Å². The van der Waals surface area contributed by atoms with Crippen molar-refractivity contribution >= 4 is 37.2 Å². The van der Waals surface area contributed by atoms with E-state index in [1.54, 1.807) is 0 Å². The summed E-state index contributed by atoms with van der Waals surface area (Å²) in [5.41, 5.74) is 0. The monoisotopic (exact) mass is 526 g/mol. The van der Waals surface area contributed by atoms with Crippen molar-refractivity contribution in [3.63, 3.8) is 0 Å². The third kappa shape index (κ3) is 35.0. The molecule has 0 amide bonds. The average Bonchev–Trinajstić information content (AvgIpc) is 2.73. The zero-order valence-electron chi connectivity index (χ0n) is 20.3. The summed E-state index contributed by atoms with van der Waals surface area (Å²) in [4.78, 5) is 21.9. The molecule has 0 rings (SSSR count). The molecule has 0 aromatic carbocycles. The predicted octanol–water partition coefficient (Wildman–Crippen LogP) is 6.43. The Hall–Kier alpha value is 0.263. The summed E-state index contributed by atoms with van der Waals surface area (Å²) in [6, 6.07) is 0. The van der Waals surface area contributed by atoms with Crippen molar-refractivity contribution in [2.45, 2.75) is 117 Å². The second-order valence-corrected chi connectivity index (χ2v) is 8.41. The Balaban J connectivity index is -0.000000490. The molecule has 0 aromatic rings. The molecule has 31 heavy (non-hydrogen) atoms. The number of unbranched alkanes of at least 4 members (excludes halogenated alkanes) is 12. The number of hydrogen-bond donors (Lipinski definition) is 0. The van der Waals surface area contributed by atoms with Gasteiger partial charge in [0.05, 0.1) is 13.2 Å². The van der Waals surface area contributed by atoms with Gasteiger partial charge in [0.15, 0.2) is 0 Å². The van der Waals surface area contributed by atoms with Crippen LogP contribution >= 0.6 is 0 Å². The minimum atomic E-state index is -0.143. The maximum absolute atomic E-state index is 10.9. The first-order valence-electron chi connectivity index (χ1n) is 12.1. The van der Waals surface area contributed by atoms with Gasteiger partial charge in [0.2, 0.25) is 0 Å². The van der Waals surface area contributed by atoms with Crippen LogP contribution in [-0.2, 0) is 63.8 Å². The Labute approximate surface area is 216 Å². The van der Waals surface area contributed by atoms with Crippen LogP contribution in [0.15, 0.2) is 0 Å². The van der Waals surface area contributed by atoms with Gasteiger partial charge in [-0.1, -0.05) is 90.9 Å². The van der Waals surface area contributed by atoms with Gasteiger partial charge in [-0.2, -0.15) is 11.5 Å². The first-order chi connectivity index (χ1) is 14.6. The van der Waals surface area contributed by atoms with Gasteiger partial charge in [0, 0.05) is 12.8 Å². The van der Waals surface area contributed by atoms with Crippen molar-refractivity contribution in [3.8, 4) is 0 Å². The van der Waals surface area contributed by atoms with Gasteiger partial charge in [0.1, 0.15) is 0 Å². The van der Waals surface area contributed by atoms with E-state index in [1.807, 2.05) is 0 Å². The van der Waals surface area contributed by atoms with E-state index in [4.69, 9.17) is 9.47 Å². The van der Waals surface area contributed by atoms with E-state index in [-0.39, 0.29) is 31.4 Å². The zero-order valence-corrected chi connectivity index (χ0v) is 24.9. The Morgan fingerprint density at radius 2 is 0.839 bits per heavy atom. The van der Waals surface area contributed by atoms with Crippen LogP contribution in [0.5, 0.6) is 0 Å². The Bertz CT molecular complexity index is 337. The quantitative estimate of drug-likeness (QED) is 0.0786. The third-order valence-electron chi connectivity index (χ3n) is 4.63. The molecule has 0 bridgehead atoms. The molecule has 0 radical (unpaired) electrons. The number of carbonyl (C=O) groups excluding carboxylic acids is 2. The molecule has 4 nitrogen and oxygen atoms in total. The molecule has 0 spiro atoms. The SMILES string of the molecule is CCCCCCCCCOC(=O)CC[S-].CCCCCCCCCOC(=O)CC[S-].[Zn+2]. The minimum absolute atomic E-state index is 0. The third-order valence-corrected chi connectivity index (χ3v) is 5.04. The van der Waals surface area contributed by atoms with Gasteiger partial charge in [-0.3, -0.25) is 9.59 Å². The molecule has 0 aliphatic rings. The fraction of sp³-hybridized carbons (Fsp3) is 0.917. The molecule has 180 valence electrons. The van der Waals surface area contributed by atoms with Crippen molar-refractivity contribution < 1.29 is 38.5 Å². The van der Waals surface area contributed by atoms with Crippen molar-refractivity contribution in [2.75, 3.05) is 24.7 Å². The van der Waals surface area contributed by atoms with E-state index in [1.165, 1.54) is 77.0 Å². The van der Waals surface area contributed by atoms with Gasteiger partial charge in [-0.25, -0.2) is 0 Å². The Morgan fingerprint density at radius 3 is 1.13 bits per heavy atom.